The van der Waals surface area contributed by atoms with Crippen LogP contribution in [-0.2, 0) is 5.54 Å². The Morgan fingerprint density at radius 1 is 0.800 bits per heavy atom. The second-order valence-corrected chi connectivity index (χ2v) is 6.12. The lowest BCUT2D eigenvalue weighted by Gasteiger charge is -2.40. The van der Waals surface area contributed by atoms with Gasteiger partial charge in [0.2, 0.25) is 0 Å². The minimum absolute atomic E-state index is 0.115. The van der Waals surface area contributed by atoms with Crippen molar-refractivity contribution < 1.29 is 0 Å². The number of benzene rings is 2. The molecule has 1 nitrogen and oxygen atoms in total. The zero-order valence-electron chi connectivity index (χ0n) is 11.8. The van der Waals surface area contributed by atoms with Crippen LogP contribution in [0.15, 0.2) is 60.7 Å². The second-order valence-electron chi connectivity index (χ2n) is 6.12. The van der Waals surface area contributed by atoms with E-state index in [4.69, 9.17) is 0 Å². The van der Waals surface area contributed by atoms with Crippen LogP contribution in [-0.4, -0.2) is 17.5 Å². The molecule has 102 valence electrons. The maximum Gasteiger partial charge on any atom is 0.0718 e. The van der Waals surface area contributed by atoms with Crippen LogP contribution >= 0.6 is 0 Å². The molecule has 2 fully saturated rings. The van der Waals surface area contributed by atoms with Crippen LogP contribution in [0.1, 0.15) is 36.8 Å². The van der Waals surface area contributed by atoms with Crippen molar-refractivity contribution in [2.45, 2.75) is 37.3 Å². The molecular weight excluding hydrogens is 242 g/mol. The van der Waals surface area contributed by atoms with E-state index in [0.717, 1.165) is 6.04 Å². The van der Waals surface area contributed by atoms with E-state index in [2.05, 4.69) is 65.6 Å². The monoisotopic (exact) mass is 263 g/mol. The van der Waals surface area contributed by atoms with Crippen LogP contribution in [0.4, 0.5) is 0 Å². The van der Waals surface area contributed by atoms with Gasteiger partial charge in [-0.25, -0.2) is 0 Å². The van der Waals surface area contributed by atoms with Crippen molar-refractivity contribution in [2.24, 2.45) is 0 Å². The SMILES string of the molecule is c1ccc(C2(c3ccccc3)CCCN2C2CC2)cc1. The molecule has 0 aromatic heterocycles. The van der Waals surface area contributed by atoms with Crippen molar-refractivity contribution in [3.8, 4) is 0 Å². The molecule has 2 aromatic rings. The average Bonchev–Trinajstić information content (AvgIpc) is 3.27. The van der Waals surface area contributed by atoms with Gasteiger partial charge < -0.3 is 0 Å². The fourth-order valence-electron chi connectivity index (χ4n) is 3.93. The van der Waals surface area contributed by atoms with Gasteiger partial charge in [0.1, 0.15) is 0 Å². The summed E-state index contributed by atoms with van der Waals surface area (Å²) in [6.07, 6.45) is 5.31. The normalized spacial score (nSPS) is 22.0. The Bertz CT molecular complexity index is 532. The van der Waals surface area contributed by atoms with Gasteiger partial charge >= 0.3 is 0 Å². The topological polar surface area (TPSA) is 3.24 Å². The van der Waals surface area contributed by atoms with Gasteiger partial charge in [-0.1, -0.05) is 60.7 Å². The Hall–Kier alpha value is -1.60. The molecule has 20 heavy (non-hydrogen) atoms. The summed E-state index contributed by atoms with van der Waals surface area (Å²) in [5, 5.41) is 0. The minimum atomic E-state index is 0.115. The number of nitrogens with zero attached hydrogens (tertiary/aromatic N) is 1. The third-order valence-corrected chi connectivity index (χ3v) is 4.92. The Labute approximate surface area is 121 Å². The summed E-state index contributed by atoms with van der Waals surface area (Å²) in [5.41, 5.74) is 3.05. The van der Waals surface area contributed by atoms with Gasteiger partial charge in [0.05, 0.1) is 5.54 Å². The lowest BCUT2D eigenvalue weighted by molar-refractivity contribution is 0.167. The van der Waals surface area contributed by atoms with E-state index in [0.29, 0.717) is 0 Å². The van der Waals surface area contributed by atoms with Crippen LogP contribution in [0.2, 0.25) is 0 Å². The van der Waals surface area contributed by atoms with E-state index in [1.54, 1.807) is 0 Å². The summed E-state index contributed by atoms with van der Waals surface area (Å²) in [6, 6.07) is 23.0. The fourth-order valence-corrected chi connectivity index (χ4v) is 3.93. The third-order valence-electron chi connectivity index (χ3n) is 4.92. The number of rotatable bonds is 3. The van der Waals surface area contributed by atoms with Crippen LogP contribution in [0.25, 0.3) is 0 Å². The van der Waals surface area contributed by atoms with Crippen molar-refractivity contribution in [3.05, 3.63) is 71.8 Å². The number of hydrogen-bond donors (Lipinski definition) is 0. The van der Waals surface area contributed by atoms with E-state index in [9.17, 15) is 0 Å². The van der Waals surface area contributed by atoms with E-state index < -0.39 is 0 Å². The highest BCUT2D eigenvalue weighted by atomic mass is 15.3. The molecule has 1 saturated carbocycles. The predicted octanol–water partition coefficient (Wildman–Crippen LogP) is 4.19. The third kappa shape index (κ3) is 1.81. The Morgan fingerprint density at radius 3 is 1.85 bits per heavy atom. The first-order valence-electron chi connectivity index (χ1n) is 7.79. The maximum atomic E-state index is 2.78. The van der Waals surface area contributed by atoms with E-state index in [-0.39, 0.29) is 5.54 Å². The van der Waals surface area contributed by atoms with Gasteiger partial charge in [-0.2, -0.15) is 0 Å². The average molecular weight is 263 g/mol. The molecule has 1 aliphatic carbocycles. The summed E-state index contributed by atoms with van der Waals surface area (Å²) in [4.78, 5) is 2.78. The molecule has 2 aromatic carbocycles. The Balaban J connectivity index is 1.88. The Kier molecular flexibility index (Phi) is 2.89. The highest BCUT2D eigenvalue weighted by molar-refractivity contribution is 5.40. The molecule has 0 spiro atoms. The lowest BCUT2D eigenvalue weighted by Crippen LogP contribution is -2.43. The second kappa shape index (κ2) is 4.75. The number of hydrogen-bond acceptors (Lipinski definition) is 1. The van der Waals surface area contributed by atoms with E-state index in [1.165, 1.54) is 43.4 Å². The van der Waals surface area contributed by atoms with Crippen molar-refractivity contribution in [3.63, 3.8) is 0 Å². The first-order chi connectivity index (χ1) is 9.91. The molecule has 0 unspecified atom stereocenters. The van der Waals surface area contributed by atoms with Crippen molar-refractivity contribution in [2.75, 3.05) is 6.54 Å². The van der Waals surface area contributed by atoms with Crippen LogP contribution in [0, 0.1) is 0 Å². The van der Waals surface area contributed by atoms with Gasteiger partial charge in [-0.05, 0) is 43.4 Å². The summed E-state index contributed by atoms with van der Waals surface area (Å²) < 4.78 is 0. The summed E-state index contributed by atoms with van der Waals surface area (Å²) in [5.74, 6) is 0. The van der Waals surface area contributed by atoms with Gasteiger partial charge in [0.15, 0.2) is 0 Å². The molecule has 1 saturated heterocycles. The van der Waals surface area contributed by atoms with Crippen molar-refractivity contribution >= 4 is 0 Å². The molecule has 1 aliphatic heterocycles. The molecule has 0 bridgehead atoms. The molecule has 0 N–H and O–H groups in total. The molecule has 4 rings (SSSR count). The fraction of sp³-hybridized carbons (Fsp3) is 0.368. The lowest BCUT2D eigenvalue weighted by atomic mass is 9.80. The smallest absolute Gasteiger partial charge is 0.0718 e. The van der Waals surface area contributed by atoms with Gasteiger partial charge in [-0.3, -0.25) is 4.90 Å². The quantitative estimate of drug-likeness (QED) is 0.802. The molecule has 1 heterocycles. The van der Waals surface area contributed by atoms with Crippen LogP contribution in [0.3, 0.4) is 0 Å². The molecule has 0 amide bonds. The van der Waals surface area contributed by atoms with Gasteiger partial charge in [0.25, 0.3) is 0 Å². The van der Waals surface area contributed by atoms with Crippen molar-refractivity contribution in [1.29, 1.82) is 0 Å². The largest absolute Gasteiger partial charge is 0.287 e. The zero-order valence-corrected chi connectivity index (χ0v) is 11.8. The molecule has 0 atom stereocenters. The van der Waals surface area contributed by atoms with Gasteiger partial charge in [-0.15, -0.1) is 0 Å². The highest BCUT2D eigenvalue weighted by Crippen LogP contribution is 2.49. The molecule has 2 aliphatic rings. The predicted molar refractivity (Wildman–Crippen MR) is 82.6 cm³/mol. The maximum absolute atomic E-state index is 2.78. The highest BCUT2D eigenvalue weighted by Gasteiger charge is 2.49. The molecular formula is C19H21N. The molecule has 1 heteroatoms. The number of likely N-dealkylation sites (tertiary alicyclic amines) is 1. The van der Waals surface area contributed by atoms with Crippen LogP contribution in [0.5, 0.6) is 0 Å². The van der Waals surface area contributed by atoms with Crippen LogP contribution < -0.4 is 0 Å². The van der Waals surface area contributed by atoms with E-state index in [1.807, 2.05) is 0 Å². The Morgan fingerprint density at radius 2 is 1.35 bits per heavy atom. The first-order valence-corrected chi connectivity index (χ1v) is 7.79. The summed E-state index contributed by atoms with van der Waals surface area (Å²) in [7, 11) is 0. The first kappa shape index (κ1) is 12.2. The standard InChI is InChI=1S/C19H21N/c1-3-8-16(9-4-1)19(17-10-5-2-6-11-17)14-7-15-20(19)18-12-13-18/h1-6,8-11,18H,7,12-15H2. The van der Waals surface area contributed by atoms with E-state index >= 15 is 0 Å². The zero-order chi connectivity index (χ0) is 13.4. The van der Waals surface area contributed by atoms with Crippen molar-refractivity contribution in [1.82, 2.24) is 4.90 Å². The molecule has 0 radical (unpaired) electrons. The minimum Gasteiger partial charge on any atom is -0.287 e. The van der Waals surface area contributed by atoms with Gasteiger partial charge in [0, 0.05) is 6.04 Å². The summed E-state index contributed by atoms with van der Waals surface area (Å²) >= 11 is 0. The summed E-state index contributed by atoms with van der Waals surface area (Å²) in [6.45, 7) is 1.24.